The molecule has 8 saturated carbocycles. The number of ether oxygens (including phenoxy) is 3. The second kappa shape index (κ2) is 9.08. The Morgan fingerprint density at radius 2 is 1.46 bits per heavy atom. The van der Waals surface area contributed by atoms with Crippen LogP contribution in [0, 0.1) is 46.8 Å². The first-order valence-corrected chi connectivity index (χ1v) is 13.5. The van der Waals surface area contributed by atoms with E-state index in [9.17, 15) is 23.6 Å². The number of halogens is 2. The number of rotatable bonds is 9. The van der Waals surface area contributed by atoms with Gasteiger partial charge in [0.25, 0.3) is 0 Å². The number of hydrogen-bond acceptors (Lipinski definition) is 9. The molecule has 8 rings (SSSR count). The van der Waals surface area contributed by atoms with Gasteiger partial charge in [-0.15, -0.1) is 0 Å². The first-order chi connectivity index (χ1) is 16.8. The van der Waals surface area contributed by atoms with E-state index in [2.05, 4.69) is 9.37 Å². The molecule has 0 aromatic heterocycles. The molecule has 196 valence electrons. The van der Waals surface area contributed by atoms with Crippen molar-refractivity contribution in [2.24, 2.45) is 46.8 Å². The quantitative estimate of drug-likeness (QED) is 0.149. The normalized spacial score (nSPS) is 45.1. The lowest BCUT2D eigenvalue weighted by molar-refractivity contribution is -0.777. The van der Waals surface area contributed by atoms with E-state index in [1.54, 1.807) is 0 Å². The van der Waals surface area contributed by atoms with Crippen molar-refractivity contribution in [3.63, 3.8) is 0 Å². The van der Waals surface area contributed by atoms with Crippen molar-refractivity contribution in [3.05, 3.63) is 0 Å². The molecule has 8 aliphatic carbocycles. The molecule has 11 heteroatoms. The number of hydrogen-bond donors (Lipinski definition) is 0. The van der Waals surface area contributed by atoms with E-state index in [4.69, 9.17) is 14.2 Å². The lowest BCUT2D eigenvalue weighted by atomic mass is 9.48. The van der Waals surface area contributed by atoms with Crippen molar-refractivity contribution in [1.29, 1.82) is 0 Å². The van der Waals surface area contributed by atoms with Gasteiger partial charge in [-0.3, -0.25) is 9.83 Å². The van der Waals surface area contributed by atoms with Crippen LogP contribution in [0.2, 0.25) is 0 Å². The Labute approximate surface area is 206 Å². The molecule has 8 nitrogen and oxygen atoms in total. The first-order valence-electron chi connectivity index (χ1n) is 12.8. The lowest BCUT2D eigenvalue weighted by Gasteiger charge is -2.58. The zero-order valence-electron chi connectivity index (χ0n) is 19.4. The molecule has 2 unspecified atom stereocenters. The molecule has 8 bridgehead atoms. The predicted molar refractivity (Wildman–Crippen MR) is 113 cm³/mol. The van der Waals surface area contributed by atoms with Crippen LogP contribution in [0.5, 0.6) is 0 Å². The fraction of sp³-hybridized carbons (Fsp3) is 0.917. The largest absolute Gasteiger partial charge is 0.691 e. The van der Waals surface area contributed by atoms with Gasteiger partial charge in [-0.05, 0) is 106 Å². The molecule has 2 atom stereocenters. The van der Waals surface area contributed by atoms with Crippen LogP contribution in [0.4, 0.5) is 8.78 Å². The number of carbonyl (C=O) groups is 2. The molecule has 0 amide bonds. The summed E-state index contributed by atoms with van der Waals surface area (Å²) in [5, 5.41) is 8.69. The SMILES string of the molecule is O=C(OCOC1C2CC3CC(C2)CC1C3)C12CC3CC(C1)C(OC(=O)C(F)(F)SOO[O-])C(C3)C2. The number of esters is 2. The summed E-state index contributed by atoms with van der Waals surface area (Å²) in [6.07, 6.45) is 8.87. The van der Waals surface area contributed by atoms with E-state index in [1.165, 1.54) is 32.1 Å². The predicted octanol–water partition coefficient (Wildman–Crippen LogP) is 3.53. The summed E-state index contributed by atoms with van der Waals surface area (Å²) in [6.45, 7) is -0.0305. The van der Waals surface area contributed by atoms with Gasteiger partial charge in [0.2, 0.25) is 0 Å². The molecule has 0 spiro atoms. The zero-order chi connectivity index (χ0) is 24.4. The number of carbonyl (C=O) groups excluding carboxylic acids is 2. The summed E-state index contributed by atoms with van der Waals surface area (Å²) < 4.78 is 48.4. The molecule has 0 aliphatic heterocycles. The smallest absolute Gasteiger partial charge is 0.415 e. The van der Waals surface area contributed by atoms with Crippen LogP contribution in [0.1, 0.15) is 64.2 Å². The van der Waals surface area contributed by atoms with Crippen molar-refractivity contribution in [1.82, 2.24) is 0 Å². The summed E-state index contributed by atoms with van der Waals surface area (Å²) in [7, 11) is 0. The van der Waals surface area contributed by atoms with Gasteiger partial charge in [0.15, 0.2) is 6.79 Å². The Morgan fingerprint density at radius 3 is 2.06 bits per heavy atom. The minimum absolute atomic E-state index is 0.0305. The van der Waals surface area contributed by atoms with E-state index in [1.807, 2.05) is 0 Å². The highest BCUT2D eigenvalue weighted by Crippen LogP contribution is 2.61. The lowest BCUT2D eigenvalue weighted by Crippen LogP contribution is -2.58. The van der Waals surface area contributed by atoms with E-state index in [0.29, 0.717) is 24.7 Å². The molecule has 0 aromatic carbocycles. The van der Waals surface area contributed by atoms with Crippen molar-refractivity contribution in [2.75, 3.05) is 6.79 Å². The van der Waals surface area contributed by atoms with Crippen LogP contribution >= 0.6 is 12.0 Å². The van der Waals surface area contributed by atoms with Crippen molar-refractivity contribution in [3.8, 4) is 0 Å². The molecule has 8 fully saturated rings. The first kappa shape index (κ1) is 24.3. The summed E-state index contributed by atoms with van der Waals surface area (Å²) >= 11 is -0.685. The average Bonchev–Trinajstić information content (AvgIpc) is 2.80. The van der Waals surface area contributed by atoms with E-state index < -0.39 is 34.8 Å². The molecule has 0 aromatic rings. The van der Waals surface area contributed by atoms with Crippen molar-refractivity contribution >= 4 is 24.0 Å². The van der Waals surface area contributed by atoms with E-state index in [0.717, 1.165) is 31.1 Å². The van der Waals surface area contributed by atoms with Crippen LogP contribution in [-0.4, -0.2) is 36.2 Å². The Hall–Kier alpha value is -1.01. The average molecular weight is 518 g/mol. The van der Waals surface area contributed by atoms with Gasteiger partial charge in [-0.2, -0.15) is 13.1 Å². The maximum atomic E-state index is 13.9. The third-order valence-electron chi connectivity index (χ3n) is 9.86. The topological polar surface area (TPSA) is 103 Å². The molecular formula is C24H31F2O8S-. The zero-order valence-corrected chi connectivity index (χ0v) is 20.2. The fourth-order valence-electron chi connectivity index (χ4n) is 9.17. The Bertz CT molecular complexity index is 811. The highest BCUT2D eigenvalue weighted by Gasteiger charge is 2.61. The van der Waals surface area contributed by atoms with Crippen molar-refractivity contribution < 1.29 is 47.2 Å². The molecule has 0 radical (unpaired) electrons. The second-order valence-electron chi connectivity index (χ2n) is 12.0. The van der Waals surface area contributed by atoms with Gasteiger partial charge >= 0.3 is 17.2 Å². The Morgan fingerprint density at radius 1 is 0.857 bits per heavy atom. The maximum absolute atomic E-state index is 13.9. The fourth-order valence-corrected chi connectivity index (χ4v) is 9.40. The molecule has 8 aliphatic rings. The van der Waals surface area contributed by atoms with Gasteiger partial charge in [-0.1, -0.05) is 0 Å². The Balaban J connectivity index is 1.04. The van der Waals surface area contributed by atoms with Crippen LogP contribution in [0.3, 0.4) is 0 Å². The van der Waals surface area contributed by atoms with Gasteiger partial charge in [0, 0.05) is 0 Å². The minimum Gasteiger partial charge on any atom is -0.691 e. The third-order valence-corrected chi connectivity index (χ3v) is 10.4. The standard InChI is InChI=1S/C24H32F2O8S/c25-24(26,35-34-33-29)22(28)32-20-17-6-14-7-18(20)10-23(8-14,9-17)21(27)31-11-30-19-15-2-12-1-13(4-15)5-16(19)3-12/h12-20,29H,1-11H2/p-1. The molecule has 0 saturated heterocycles. The summed E-state index contributed by atoms with van der Waals surface area (Å²) in [5.41, 5.74) is -0.663. The molecule has 35 heavy (non-hydrogen) atoms. The summed E-state index contributed by atoms with van der Waals surface area (Å²) in [5.74, 6) is 0.752. The minimum atomic E-state index is -4.06. The Kier molecular flexibility index (Phi) is 6.31. The van der Waals surface area contributed by atoms with Gasteiger partial charge in [0.1, 0.15) is 18.1 Å². The maximum Gasteiger partial charge on any atom is 0.415 e. The molecule has 0 N–H and O–H groups in total. The van der Waals surface area contributed by atoms with Gasteiger partial charge < -0.3 is 19.5 Å². The number of alkyl halides is 2. The van der Waals surface area contributed by atoms with Crippen LogP contribution in [0.15, 0.2) is 0 Å². The molecular weight excluding hydrogens is 486 g/mol. The molecule has 0 heterocycles. The third kappa shape index (κ3) is 4.39. The van der Waals surface area contributed by atoms with Crippen molar-refractivity contribution in [2.45, 2.75) is 81.7 Å². The van der Waals surface area contributed by atoms with Crippen LogP contribution in [0.25, 0.3) is 0 Å². The highest BCUT2D eigenvalue weighted by molar-refractivity contribution is 7.96. The summed E-state index contributed by atoms with van der Waals surface area (Å²) in [4.78, 5) is 25.3. The summed E-state index contributed by atoms with van der Waals surface area (Å²) in [6, 6.07) is 0. The second-order valence-corrected chi connectivity index (χ2v) is 12.8. The monoisotopic (exact) mass is 517 g/mol. The van der Waals surface area contributed by atoms with Crippen LogP contribution < -0.4 is 5.26 Å². The van der Waals surface area contributed by atoms with Gasteiger partial charge in [-0.25, -0.2) is 4.79 Å². The van der Waals surface area contributed by atoms with E-state index in [-0.39, 0.29) is 36.6 Å². The highest BCUT2D eigenvalue weighted by atomic mass is 32.2. The van der Waals surface area contributed by atoms with E-state index >= 15 is 0 Å². The van der Waals surface area contributed by atoms with Crippen LogP contribution in [-0.2, 0) is 33.2 Å². The van der Waals surface area contributed by atoms with Gasteiger partial charge in [0.05, 0.1) is 11.5 Å².